The molecule has 0 aromatic heterocycles. The minimum atomic E-state index is -0.532. The average Bonchev–Trinajstić information content (AvgIpc) is 2.63. The van der Waals surface area contributed by atoms with E-state index in [4.69, 9.17) is 0 Å². The van der Waals surface area contributed by atoms with E-state index in [1.54, 1.807) is 0 Å². The molecule has 1 aliphatic heterocycles. The number of piperidine rings is 1. The number of amides is 2. The number of hydrogen-bond acceptors (Lipinski definition) is 3. The number of nitrogens with zero attached hydrogens (tertiary/aromatic N) is 1. The maximum absolute atomic E-state index is 11.8. The minimum absolute atomic E-state index is 0.138. The number of rotatable bonds is 8. The Kier molecular flexibility index (Phi) is 8.05. The van der Waals surface area contributed by atoms with Gasteiger partial charge in [-0.25, -0.2) is 4.79 Å². The van der Waals surface area contributed by atoms with Crippen LogP contribution in [0.2, 0.25) is 0 Å². The number of carbonyl (C=O) groups is 1. The zero-order valence-electron chi connectivity index (χ0n) is 14.7. The maximum Gasteiger partial charge on any atom is 0.314 e. The summed E-state index contributed by atoms with van der Waals surface area (Å²) in [7, 11) is 0. The molecule has 1 heterocycles. The Morgan fingerprint density at radius 1 is 1.21 bits per heavy atom. The largest absolute Gasteiger partial charge is 0.388 e. The summed E-state index contributed by atoms with van der Waals surface area (Å²) in [6.45, 7) is 6.92. The van der Waals surface area contributed by atoms with Crippen LogP contribution < -0.4 is 10.6 Å². The highest BCUT2D eigenvalue weighted by Crippen LogP contribution is 2.19. The van der Waals surface area contributed by atoms with E-state index in [0.717, 1.165) is 31.0 Å². The number of likely N-dealkylation sites (tertiary alicyclic amines) is 1. The van der Waals surface area contributed by atoms with Crippen molar-refractivity contribution in [1.82, 2.24) is 15.5 Å². The van der Waals surface area contributed by atoms with Crippen molar-refractivity contribution in [2.45, 2.75) is 38.7 Å². The summed E-state index contributed by atoms with van der Waals surface area (Å²) in [6.07, 6.45) is 3.51. The molecule has 0 radical (unpaired) electrons. The van der Waals surface area contributed by atoms with E-state index in [1.807, 2.05) is 30.3 Å². The fourth-order valence-corrected chi connectivity index (χ4v) is 3.21. The number of urea groups is 1. The molecule has 1 saturated heterocycles. The van der Waals surface area contributed by atoms with Gasteiger partial charge in [0.15, 0.2) is 0 Å². The van der Waals surface area contributed by atoms with Crippen LogP contribution in [-0.2, 0) is 0 Å². The number of hydrogen-bond donors (Lipinski definition) is 3. The van der Waals surface area contributed by atoms with Gasteiger partial charge in [-0.1, -0.05) is 37.3 Å². The molecule has 3 N–H and O–H groups in total. The fraction of sp³-hybridized carbons (Fsp3) is 0.632. The Hall–Kier alpha value is -1.59. The van der Waals surface area contributed by atoms with Crippen molar-refractivity contribution in [1.29, 1.82) is 0 Å². The summed E-state index contributed by atoms with van der Waals surface area (Å²) in [6, 6.07) is 9.39. The van der Waals surface area contributed by atoms with Gasteiger partial charge in [0, 0.05) is 13.1 Å². The summed E-state index contributed by atoms with van der Waals surface area (Å²) in [4.78, 5) is 14.3. The Morgan fingerprint density at radius 3 is 2.54 bits per heavy atom. The Morgan fingerprint density at radius 2 is 1.88 bits per heavy atom. The first-order valence-corrected chi connectivity index (χ1v) is 9.16. The van der Waals surface area contributed by atoms with E-state index < -0.39 is 6.10 Å². The summed E-state index contributed by atoms with van der Waals surface area (Å²) >= 11 is 0. The lowest BCUT2D eigenvalue weighted by Gasteiger charge is -2.31. The van der Waals surface area contributed by atoms with Gasteiger partial charge in [-0.05, 0) is 56.8 Å². The lowest BCUT2D eigenvalue weighted by molar-refractivity contribution is 0.166. The van der Waals surface area contributed by atoms with Gasteiger partial charge in [0.1, 0.15) is 0 Å². The molecular weight excluding hydrogens is 302 g/mol. The third-order valence-electron chi connectivity index (χ3n) is 4.88. The summed E-state index contributed by atoms with van der Waals surface area (Å²) in [5.74, 6) is 0.730. The van der Waals surface area contributed by atoms with Crippen LogP contribution in [0.3, 0.4) is 0 Å². The topological polar surface area (TPSA) is 64.6 Å². The van der Waals surface area contributed by atoms with Crippen LogP contribution in [0.25, 0.3) is 0 Å². The zero-order chi connectivity index (χ0) is 17.2. The molecule has 1 unspecified atom stereocenters. The van der Waals surface area contributed by atoms with E-state index in [-0.39, 0.29) is 6.03 Å². The van der Waals surface area contributed by atoms with Gasteiger partial charge in [-0.15, -0.1) is 0 Å². The quantitative estimate of drug-likeness (QED) is 0.685. The lowest BCUT2D eigenvalue weighted by atomic mass is 9.93. The average molecular weight is 333 g/mol. The lowest BCUT2D eigenvalue weighted by Crippen LogP contribution is -2.38. The van der Waals surface area contributed by atoms with Crippen molar-refractivity contribution in [3.8, 4) is 0 Å². The molecule has 1 aliphatic rings. The van der Waals surface area contributed by atoms with Gasteiger partial charge in [0.25, 0.3) is 0 Å². The second-order valence-corrected chi connectivity index (χ2v) is 6.56. The standard InChI is InChI=1S/C19H31N3O2/c1-2-22-14-10-16(11-15-22)8-12-20-19(24)21-13-9-18(23)17-6-4-3-5-7-17/h3-7,16,18,23H,2,8-15H2,1H3,(H2,20,21,24). The molecule has 24 heavy (non-hydrogen) atoms. The zero-order valence-corrected chi connectivity index (χ0v) is 14.7. The van der Waals surface area contributed by atoms with Crippen LogP contribution in [0.5, 0.6) is 0 Å². The molecule has 0 spiro atoms. The van der Waals surface area contributed by atoms with E-state index >= 15 is 0 Å². The molecule has 2 amide bonds. The highest BCUT2D eigenvalue weighted by molar-refractivity contribution is 5.73. The molecule has 1 aromatic carbocycles. The molecule has 5 heteroatoms. The Bertz CT molecular complexity index is 473. The maximum atomic E-state index is 11.8. The molecule has 0 bridgehead atoms. The van der Waals surface area contributed by atoms with Crippen molar-refractivity contribution in [3.05, 3.63) is 35.9 Å². The van der Waals surface area contributed by atoms with Crippen LogP contribution in [-0.4, -0.2) is 48.8 Å². The third-order valence-corrected chi connectivity index (χ3v) is 4.88. The number of aliphatic hydroxyl groups excluding tert-OH is 1. The molecular formula is C19H31N3O2. The minimum Gasteiger partial charge on any atom is -0.388 e. The molecule has 2 rings (SSSR count). The monoisotopic (exact) mass is 333 g/mol. The van der Waals surface area contributed by atoms with Crippen LogP contribution in [0, 0.1) is 5.92 Å². The Balaban J connectivity index is 1.52. The van der Waals surface area contributed by atoms with E-state index in [0.29, 0.717) is 13.0 Å². The van der Waals surface area contributed by atoms with Crippen LogP contribution in [0.1, 0.15) is 44.3 Å². The first-order chi connectivity index (χ1) is 11.7. The van der Waals surface area contributed by atoms with Crippen molar-refractivity contribution in [3.63, 3.8) is 0 Å². The first-order valence-electron chi connectivity index (χ1n) is 9.16. The van der Waals surface area contributed by atoms with Gasteiger partial charge in [0.2, 0.25) is 0 Å². The fourth-order valence-electron chi connectivity index (χ4n) is 3.21. The molecule has 1 fully saturated rings. The first kappa shape index (κ1) is 18.7. The number of aliphatic hydroxyl groups is 1. The smallest absolute Gasteiger partial charge is 0.314 e. The van der Waals surface area contributed by atoms with E-state index in [2.05, 4.69) is 22.5 Å². The Labute approximate surface area is 145 Å². The van der Waals surface area contributed by atoms with Gasteiger partial charge in [-0.3, -0.25) is 0 Å². The summed E-state index contributed by atoms with van der Waals surface area (Å²) in [5, 5.41) is 15.8. The van der Waals surface area contributed by atoms with Crippen molar-refractivity contribution >= 4 is 6.03 Å². The highest BCUT2D eigenvalue weighted by Gasteiger charge is 2.17. The second kappa shape index (κ2) is 10.3. The predicted octanol–water partition coefficient (Wildman–Crippen LogP) is 2.53. The molecule has 5 nitrogen and oxygen atoms in total. The SMILES string of the molecule is CCN1CCC(CCNC(=O)NCCC(O)c2ccccc2)CC1. The molecule has 1 aromatic rings. The highest BCUT2D eigenvalue weighted by atomic mass is 16.3. The van der Waals surface area contributed by atoms with Gasteiger partial charge in [0.05, 0.1) is 6.10 Å². The molecule has 0 aliphatic carbocycles. The normalized spacial score (nSPS) is 17.4. The van der Waals surface area contributed by atoms with Crippen LogP contribution in [0.4, 0.5) is 4.79 Å². The van der Waals surface area contributed by atoms with Crippen molar-refractivity contribution in [2.24, 2.45) is 5.92 Å². The number of nitrogens with one attached hydrogen (secondary N) is 2. The van der Waals surface area contributed by atoms with Crippen molar-refractivity contribution in [2.75, 3.05) is 32.7 Å². The van der Waals surface area contributed by atoms with Crippen molar-refractivity contribution < 1.29 is 9.90 Å². The molecule has 1 atom stereocenters. The predicted molar refractivity (Wildman–Crippen MR) is 96.9 cm³/mol. The number of benzene rings is 1. The van der Waals surface area contributed by atoms with Gasteiger partial charge >= 0.3 is 6.03 Å². The summed E-state index contributed by atoms with van der Waals surface area (Å²) in [5.41, 5.74) is 0.887. The van der Waals surface area contributed by atoms with E-state index in [1.165, 1.54) is 25.9 Å². The van der Waals surface area contributed by atoms with Crippen LogP contribution >= 0.6 is 0 Å². The summed E-state index contributed by atoms with van der Waals surface area (Å²) < 4.78 is 0. The van der Waals surface area contributed by atoms with Gasteiger partial charge in [-0.2, -0.15) is 0 Å². The van der Waals surface area contributed by atoms with Gasteiger partial charge < -0.3 is 20.6 Å². The second-order valence-electron chi connectivity index (χ2n) is 6.56. The van der Waals surface area contributed by atoms with E-state index in [9.17, 15) is 9.90 Å². The third kappa shape index (κ3) is 6.49. The van der Waals surface area contributed by atoms with Crippen LogP contribution in [0.15, 0.2) is 30.3 Å². The molecule has 0 saturated carbocycles. The molecule has 134 valence electrons. The number of carbonyl (C=O) groups excluding carboxylic acids is 1.